The molecule has 0 bridgehead atoms. The second-order valence-corrected chi connectivity index (χ2v) is 7.91. The zero-order chi connectivity index (χ0) is 21.8. The highest BCUT2D eigenvalue weighted by Crippen LogP contribution is 2.35. The van der Waals surface area contributed by atoms with Gasteiger partial charge in [-0.15, -0.1) is 0 Å². The summed E-state index contributed by atoms with van der Waals surface area (Å²) in [4.78, 5) is 20.8. The van der Waals surface area contributed by atoms with Crippen LogP contribution in [-0.4, -0.2) is 31.5 Å². The largest absolute Gasteiger partial charge is 0.368 e. The van der Waals surface area contributed by atoms with Crippen LogP contribution in [0, 0.1) is 11.3 Å². The molecule has 3 aromatic heterocycles. The van der Waals surface area contributed by atoms with E-state index in [1.54, 1.807) is 30.7 Å². The molecule has 0 aliphatic carbocycles. The van der Waals surface area contributed by atoms with Gasteiger partial charge in [-0.05, 0) is 24.3 Å². The molecule has 0 aliphatic heterocycles. The van der Waals surface area contributed by atoms with Crippen molar-refractivity contribution in [3.63, 3.8) is 0 Å². The second kappa shape index (κ2) is 9.22. The van der Waals surface area contributed by atoms with Crippen molar-refractivity contribution in [3.8, 4) is 28.7 Å². The molecule has 1 atom stereocenters. The van der Waals surface area contributed by atoms with Crippen molar-refractivity contribution in [2.24, 2.45) is 5.73 Å². The van der Waals surface area contributed by atoms with E-state index in [9.17, 15) is 0 Å². The maximum atomic E-state index is 8.88. The zero-order valence-corrected chi connectivity index (χ0v) is 18.4. The Bertz CT molecular complexity index is 1240. The number of nitrogens with one attached hydrogen (secondary N) is 2. The Labute approximate surface area is 191 Å². The molecule has 10 heteroatoms. The molecule has 0 aliphatic rings. The minimum Gasteiger partial charge on any atom is -0.368 e. The van der Waals surface area contributed by atoms with Gasteiger partial charge in [-0.2, -0.15) is 5.26 Å². The summed E-state index contributed by atoms with van der Waals surface area (Å²) >= 11 is 9.93. The lowest BCUT2D eigenvalue weighted by Gasteiger charge is -2.15. The number of anilines is 1. The van der Waals surface area contributed by atoms with Crippen molar-refractivity contribution >= 4 is 33.3 Å². The van der Waals surface area contributed by atoms with Crippen LogP contribution in [0.5, 0.6) is 0 Å². The highest BCUT2D eigenvalue weighted by molar-refractivity contribution is 9.10. The van der Waals surface area contributed by atoms with Crippen LogP contribution in [-0.2, 0) is 0 Å². The number of aromatic amines is 1. The van der Waals surface area contributed by atoms with E-state index < -0.39 is 6.04 Å². The summed E-state index contributed by atoms with van der Waals surface area (Å²) in [5, 5.41) is 12.6. The third-order valence-electron chi connectivity index (χ3n) is 4.47. The molecule has 8 nitrogen and oxygen atoms in total. The Hall–Kier alpha value is -3.32. The molecule has 4 rings (SSSR count). The average Bonchev–Trinajstić information content (AvgIpc) is 3.32. The Morgan fingerprint density at radius 3 is 2.71 bits per heavy atom. The van der Waals surface area contributed by atoms with Crippen LogP contribution in [0.2, 0.25) is 5.02 Å². The standard InChI is InChI=1S/C21H16BrClN8/c22-13-2-3-14(16(23)7-13)19-15(20-26-5-6-27-20)10-30-21(31-19)17(25)11-29-18-4-1-12(8-24)9-28-18/h1-7,9-10,17H,11,25H2,(H,26,27)(H,28,29). The Morgan fingerprint density at radius 1 is 1.16 bits per heavy atom. The summed E-state index contributed by atoms with van der Waals surface area (Å²) in [7, 11) is 0. The molecule has 0 saturated heterocycles. The van der Waals surface area contributed by atoms with E-state index >= 15 is 0 Å². The van der Waals surface area contributed by atoms with Gasteiger partial charge in [-0.3, -0.25) is 0 Å². The van der Waals surface area contributed by atoms with Crippen LogP contribution in [0.4, 0.5) is 5.82 Å². The third kappa shape index (κ3) is 4.72. The van der Waals surface area contributed by atoms with Crippen LogP contribution in [0.3, 0.4) is 0 Å². The van der Waals surface area contributed by atoms with E-state index in [-0.39, 0.29) is 0 Å². The molecular formula is C21H16BrClN8. The lowest BCUT2D eigenvalue weighted by molar-refractivity contribution is 0.701. The van der Waals surface area contributed by atoms with Gasteiger partial charge in [0, 0.05) is 41.4 Å². The average molecular weight is 496 g/mol. The fourth-order valence-corrected chi connectivity index (χ4v) is 3.68. The van der Waals surface area contributed by atoms with Crippen LogP contribution in [0.15, 0.2) is 59.6 Å². The maximum Gasteiger partial charge on any atom is 0.147 e. The topological polar surface area (TPSA) is 129 Å². The Kier molecular flexibility index (Phi) is 6.23. The minimum atomic E-state index is -0.504. The van der Waals surface area contributed by atoms with E-state index in [0.717, 1.165) is 10.0 Å². The fraction of sp³-hybridized carbons (Fsp3) is 0.0952. The fourth-order valence-electron chi connectivity index (χ4n) is 2.92. The first-order chi connectivity index (χ1) is 15.0. The highest BCUT2D eigenvalue weighted by Gasteiger charge is 2.18. The first kappa shape index (κ1) is 20.9. The normalized spacial score (nSPS) is 11.7. The number of hydrogen-bond donors (Lipinski definition) is 3. The van der Waals surface area contributed by atoms with Crippen molar-refractivity contribution in [2.45, 2.75) is 6.04 Å². The number of nitrogens with two attached hydrogens (primary N) is 1. The molecule has 3 heterocycles. The molecule has 4 aromatic rings. The Morgan fingerprint density at radius 2 is 2.03 bits per heavy atom. The molecule has 31 heavy (non-hydrogen) atoms. The molecule has 0 spiro atoms. The second-order valence-electron chi connectivity index (χ2n) is 6.58. The van der Waals surface area contributed by atoms with Crippen LogP contribution < -0.4 is 11.1 Å². The number of nitrogens with zero attached hydrogens (tertiary/aromatic N) is 5. The van der Waals surface area contributed by atoms with E-state index in [1.807, 2.05) is 24.3 Å². The number of rotatable bonds is 6. The van der Waals surface area contributed by atoms with Gasteiger partial charge in [0.1, 0.15) is 23.5 Å². The highest BCUT2D eigenvalue weighted by atomic mass is 79.9. The molecule has 0 saturated carbocycles. The van der Waals surface area contributed by atoms with Gasteiger partial charge >= 0.3 is 0 Å². The number of nitriles is 1. The van der Waals surface area contributed by atoms with Gasteiger partial charge in [0.15, 0.2) is 0 Å². The van der Waals surface area contributed by atoms with Gasteiger partial charge in [0.05, 0.1) is 27.9 Å². The SMILES string of the molecule is N#Cc1ccc(NCC(N)c2ncc(-c3ncc[nH]3)c(-c3ccc(Br)cc3Cl)n2)nc1. The van der Waals surface area contributed by atoms with Gasteiger partial charge in [0.25, 0.3) is 0 Å². The van der Waals surface area contributed by atoms with Gasteiger partial charge < -0.3 is 16.0 Å². The number of benzene rings is 1. The number of pyridine rings is 1. The maximum absolute atomic E-state index is 8.88. The molecule has 0 fully saturated rings. The van der Waals surface area contributed by atoms with Crippen molar-refractivity contribution < 1.29 is 0 Å². The number of imidazole rings is 1. The lowest BCUT2D eigenvalue weighted by atomic mass is 10.1. The van der Waals surface area contributed by atoms with E-state index in [4.69, 9.17) is 27.6 Å². The molecule has 154 valence electrons. The predicted octanol–water partition coefficient (Wildman–Crippen LogP) is 4.33. The minimum absolute atomic E-state index is 0.354. The van der Waals surface area contributed by atoms with E-state index in [2.05, 4.69) is 41.2 Å². The lowest BCUT2D eigenvalue weighted by Crippen LogP contribution is -2.23. The van der Waals surface area contributed by atoms with Gasteiger partial charge in [0.2, 0.25) is 0 Å². The van der Waals surface area contributed by atoms with Crippen LogP contribution in [0.25, 0.3) is 22.6 Å². The summed E-state index contributed by atoms with van der Waals surface area (Å²) in [6.45, 7) is 0.354. The van der Waals surface area contributed by atoms with Gasteiger partial charge in [-0.1, -0.05) is 33.6 Å². The summed E-state index contributed by atoms with van der Waals surface area (Å²) in [5.74, 6) is 1.69. The summed E-state index contributed by atoms with van der Waals surface area (Å²) in [6.07, 6.45) is 6.58. The predicted molar refractivity (Wildman–Crippen MR) is 122 cm³/mol. The van der Waals surface area contributed by atoms with Gasteiger partial charge in [-0.25, -0.2) is 19.9 Å². The van der Waals surface area contributed by atoms with Crippen LogP contribution in [0.1, 0.15) is 17.4 Å². The van der Waals surface area contributed by atoms with Crippen molar-refractivity contribution in [1.29, 1.82) is 5.26 Å². The third-order valence-corrected chi connectivity index (χ3v) is 5.28. The quantitative estimate of drug-likeness (QED) is 0.363. The summed E-state index contributed by atoms with van der Waals surface area (Å²) in [6, 6.07) is 10.5. The monoisotopic (exact) mass is 494 g/mol. The number of aromatic nitrogens is 5. The molecule has 1 aromatic carbocycles. The van der Waals surface area contributed by atoms with E-state index in [0.29, 0.717) is 45.9 Å². The molecule has 0 amide bonds. The number of hydrogen-bond acceptors (Lipinski definition) is 7. The number of H-pyrrole nitrogens is 1. The van der Waals surface area contributed by atoms with E-state index in [1.165, 1.54) is 6.20 Å². The summed E-state index contributed by atoms with van der Waals surface area (Å²) < 4.78 is 0.867. The summed E-state index contributed by atoms with van der Waals surface area (Å²) in [5.41, 5.74) is 8.92. The van der Waals surface area contributed by atoms with Crippen molar-refractivity contribution in [1.82, 2.24) is 24.9 Å². The zero-order valence-electron chi connectivity index (χ0n) is 16.0. The molecular weight excluding hydrogens is 480 g/mol. The van der Waals surface area contributed by atoms with Crippen molar-refractivity contribution in [3.05, 3.63) is 76.0 Å². The number of halogens is 2. The van der Waals surface area contributed by atoms with Crippen LogP contribution >= 0.6 is 27.5 Å². The molecule has 0 radical (unpaired) electrons. The molecule has 1 unspecified atom stereocenters. The molecule has 4 N–H and O–H groups in total. The first-order valence-electron chi connectivity index (χ1n) is 9.23. The smallest absolute Gasteiger partial charge is 0.147 e. The van der Waals surface area contributed by atoms with Crippen molar-refractivity contribution in [2.75, 3.05) is 11.9 Å². The Balaban J connectivity index is 1.64. The first-order valence-corrected chi connectivity index (χ1v) is 10.4.